The number of anilines is 1. The Hall–Kier alpha value is -3.70. The maximum Gasteiger partial charge on any atom is 0.339 e. The molecular formula is C23H20BrN3O6S. The summed E-state index contributed by atoms with van der Waals surface area (Å²) in [6.07, 6.45) is 1.35. The SMILES string of the molecule is COc1ccc(Br)cc1C(=O)N/N=C\c1cccc(OS(=O)(=O)c2ccc(NC(C)=O)cc2)c1. The Bertz CT molecular complexity index is 1340. The fourth-order valence-electron chi connectivity index (χ4n) is 2.81. The van der Waals surface area contributed by atoms with Crippen LogP contribution < -0.4 is 19.7 Å². The van der Waals surface area contributed by atoms with E-state index < -0.39 is 16.0 Å². The first-order valence-corrected chi connectivity index (χ1v) is 12.0. The molecule has 0 unspecified atom stereocenters. The van der Waals surface area contributed by atoms with E-state index >= 15 is 0 Å². The Balaban J connectivity index is 1.69. The van der Waals surface area contributed by atoms with Crippen molar-refractivity contribution in [1.82, 2.24) is 5.43 Å². The highest BCUT2D eigenvalue weighted by molar-refractivity contribution is 9.10. The van der Waals surface area contributed by atoms with Gasteiger partial charge >= 0.3 is 10.1 Å². The Morgan fingerprint density at radius 1 is 1.03 bits per heavy atom. The van der Waals surface area contributed by atoms with Crippen molar-refractivity contribution in [3.8, 4) is 11.5 Å². The summed E-state index contributed by atoms with van der Waals surface area (Å²) in [4.78, 5) is 23.4. The topological polar surface area (TPSA) is 123 Å². The van der Waals surface area contributed by atoms with Gasteiger partial charge in [-0.3, -0.25) is 9.59 Å². The first-order valence-electron chi connectivity index (χ1n) is 9.77. The molecule has 0 saturated carbocycles. The van der Waals surface area contributed by atoms with E-state index in [9.17, 15) is 18.0 Å². The number of carbonyl (C=O) groups excluding carboxylic acids is 2. The molecule has 34 heavy (non-hydrogen) atoms. The lowest BCUT2D eigenvalue weighted by molar-refractivity contribution is -0.114. The molecule has 3 rings (SSSR count). The molecule has 3 aromatic rings. The first kappa shape index (κ1) is 24.9. The summed E-state index contributed by atoms with van der Waals surface area (Å²) in [5, 5.41) is 6.48. The molecule has 0 fully saturated rings. The normalized spacial score (nSPS) is 11.1. The highest BCUT2D eigenvalue weighted by Crippen LogP contribution is 2.23. The van der Waals surface area contributed by atoms with E-state index in [1.807, 2.05) is 0 Å². The Morgan fingerprint density at radius 3 is 2.44 bits per heavy atom. The zero-order chi connectivity index (χ0) is 24.7. The van der Waals surface area contributed by atoms with Crippen LogP contribution in [0.1, 0.15) is 22.8 Å². The van der Waals surface area contributed by atoms with E-state index in [1.165, 1.54) is 56.6 Å². The quantitative estimate of drug-likeness (QED) is 0.251. The molecule has 9 nitrogen and oxygen atoms in total. The number of nitrogens with zero attached hydrogens (tertiary/aromatic N) is 1. The number of halogens is 1. The average molecular weight is 546 g/mol. The van der Waals surface area contributed by atoms with Crippen molar-refractivity contribution in [3.63, 3.8) is 0 Å². The number of ether oxygens (including phenoxy) is 1. The van der Waals surface area contributed by atoms with Crippen LogP contribution in [0.3, 0.4) is 0 Å². The van der Waals surface area contributed by atoms with Crippen molar-refractivity contribution >= 4 is 49.8 Å². The molecule has 0 aliphatic rings. The first-order chi connectivity index (χ1) is 16.2. The van der Waals surface area contributed by atoms with Crippen LogP contribution in [0.25, 0.3) is 0 Å². The molecular weight excluding hydrogens is 526 g/mol. The zero-order valence-corrected chi connectivity index (χ0v) is 20.5. The van der Waals surface area contributed by atoms with Crippen LogP contribution >= 0.6 is 15.9 Å². The van der Waals surface area contributed by atoms with Crippen molar-refractivity contribution in [3.05, 3.63) is 82.3 Å². The predicted molar refractivity (Wildman–Crippen MR) is 131 cm³/mol. The number of amides is 2. The van der Waals surface area contributed by atoms with Gasteiger partial charge in [0.25, 0.3) is 5.91 Å². The van der Waals surface area contributed by atoms with Gasteiger partial charge in [0.2, 0.25) is 5.91 Å². The fraction of sp³-hybridized carbons (Fsp3) is 0.0870. The largest absolute Gasteiger partial charge is 0.496 e. The van der Waals surface area contributed by atoms with E-state index in [1.54, 1.807) is 30.3 Å². The lowest BCUT2D eigenvalue weighted by Gasteiger charge is -2.09. The van der Waals surface area contributed by atoms with E-state index in [4.69, 9.17) is 8.92 Å². The van der Waals surface area contributed by atoms with Crippen molar-refractivity contribution in [2.24, 2.45) is 5.10 Å². The van der Waals surface area contributed by atoms with E-state index in [0.717, 1.165) is 0 Å². The Morgan fingerprint density at radius 2 is 1.76 bits per heavy atom. The van der Waals surface area contributed by atoms with Crippen molar-refractivity contribution in [2.45, 2.75) is 11.8 Å². The van der Waals surface area contributed by atoms with Gasteiger partial charge in [-0.2, -0.15) is 13.5 Å². The van der Waals surface area contributed by atoms with Gasteiger partial charge in [-0.1, -0.05) is 28.1 Å². The predicted octanol–water partition coefficient (Wildman–Crippen LogP) is 3.95. The molecule has 0 saturated heterocycles. The molecule has 2 N–H and O–H groups in total. The number of carbonyl (C=O) groups is 2. The minimum absolute atomic E-state index is 0.0647. The van der Waals surface area contributed by atoms with Gasteiger partial charge in [-0.15, -0.1) is 0 Å². The highest BCUT2D eigenvalue weighted by atomic mass is 79.9. The molecule has 11 heteroatoms. The Kier molecular flexibility index (Phi) is 8.03. The summed E-state index contributed by atoms with van der Waals surface area (Å²) in [6, 6.07) is 16.8. The second kappa shape index (κ2) is 10.9. The molecule has 0 aliphatic heterocycles. The number of nitrogens with one attached hydrogen (secondary N) is 2. The zero-order valence-electron chi connectivity index (χ0n) is 18.1. The number of benzene rings is 3. The van der Waals surface area contributed by atoms with E-state index in [2.05, 4.69) is 31.8 Å². The minimum atomic E-state index is -4.10. The summed E-state index contributed by atoms with van der Waals surface area (Å²) < 4.78 is 36.3. The molecule has 2 amide bonds. The van der Waals surface area contributed by atoms with Crippen molar-refractivity contribution in [1.29, 1.82) is 0 Å². The Labute approximate surface area is 205 Å². The monoisotopic (exact) mass is 545 g/mol. The third kappa shape index (κ3) is 6.65. The second-order valence-corrected chi connectivity index (χ2v) is 9.32. The van der Waals surface area contributed by atoms with Crippen LogP contribution in [-0.2, 0) is 14.9 Å². The van der Waals surface area contributed by atoms with Gasteiger partial charge in [0, 0.05) is 17.1 Å². The smallest absolute Gasteiger partial charge is 0.339 e. The molecule has 0 bridgehead atoms. The van der Waals surface area contributed by atoms with Crippen LogP contribution in [-0.4, -0.2) is 33.6 Å². The summed E-state index contributed by atoms with van der Waals surface area (Å²) in [5.41, 5.74) is 3.66. The third-order valence-corrected chi connectivity index (χ3v) is 6.07. The molecule has 0 heterocycles. The minimum Gasteiger partial charge on any atom is -0.496 e. The van der Waals surface area contributed by atoms with Crippen LogP contribution in [0.2, 0.25) is 0 Å². The number of methoxy groups -OCH3 is 1. The maximum atomic E-state index is 12.6. The van der Waals surface area contributed by atoms with E-state index in [0.29, 0.717) is 27.0 Å². The summed E-state index contributed by atoms with van der Waals surface area (Å²) in [6.45, 7) is 1.35. The van der Waals surface area contributed by atoms with Crippen LogP contribution in [0, 0.1) is 0 Å². The van der Waals surface area contributed by atoms with Gasteiger partial charge in [-0.05, 0) is 60.2 Å². The van der Waals surface area contributed by atoms with Crippen molar-refractivity contribution < 1.29 is 26.9 Å². The third-order valence-electron chi connectivity index (χ3n) is 4.31. The van der Waals surface area contributed by atoms with Gasteiger partial charge in [0.05, 0.1) is 18.9 Å². The molecule has 0 aromatic heterocycles. The van der Waals surface area contributed by atoms with Crippen molar-refractivity contribution in [2.75, 3.05) is 12.4 Å². The second-order valence-electron chi connectivity index (χ2n) is 6.86. The number of rotatable bonds is 8. The fourth-order valence-corrected chi connectivity index (χ4v) is 4.10. The molecule has 0 radical (unpaired) electrons. The van der Waals surface area contributed by atoms with Gasteiger partial charge in [-0.25, -0.2) is 5.43 Å². The lowest BCUT2D eigenvalue weighted by atomic mass is 10.2. The van der Waals surface area contributed by atoms with Gasteiger partial charge in [0.1, 0.15) is 16.4 Å². The lowest BCUT2D eigenvalue weighted by Crippen LogP contribution is -2.18. The average Bonchev–Trinajstić information content (AvgIpc) is 2.79. The molecule has 0 spiro atoms. The molecule has 3 aromatic carbocycles. The van der Waals surface area contributed by atoms with Crippen LogP contribution in [0.15, 0.2) is 81.2 Å². The summed E-state index contributed by atoms with van der Waals surface area (Å²) >= 11 is 3.31. The van der Waals surface area contributed by atoms with Gasteiger partial charge < -0.3 is 14.2 Å². The number of hydrogen-bond acceptors (Lipinski definition) is 7. The summed E-state index contributed by atoms with van der Waals surface area (Å²) in [7, 11) is -2.64. The molecule has 0 aliphatic carbocycles. The molecule has 176 valence electrons. The molecule has 0 atom stereocenters. The standard InChI is InChI=1S/C23H20BrN3O6S/c1-15(28)26-18-7-9-20(10-8-18)34(30,31)33-19-5-3-4-16(12-19)14-25-27-23(29)21-13-17(24)6-11-22(21)32-2/h3-14H,1-2H3,(H,26,28)(H,27,29)/b25-14-. The highest BCUT2D eigenvalue weighted by Gasteiger charge is 2.17. The van der Waals surface area contributed by atoms with E-state index in [-0.39, 0.29) is 16.6 Å². The summed E-state index contributed by atoms with van der Waals surface area (Å²) in [5.74, 6) is -0.291. The van der Waals surface area contributed by atoms with Crippen LogP contribution in [0.5, 0.6) is 11.5 Å². The van der Waals surface area contributed by atoms with Crippen LogP contribution in [0.4, 0.5) is 5.69 Å². The van der Waals surface area contributed by atoms with Gasteiger partial charge in [0.15, 0.2) is 0 Å². The number of hydrogen-bond donors (Lipinski definition) is 2. The maximum absolute atomic E-state index is 12.6. The number of hydrazone groups is 1.